The molecular weight excluding hydrogens is 292 g/mol. The molecule has 5 heteroatoms. The summed E-state index contributed by atoms with van der Waals surface area (Å²) >= 11 is 0. The van der Waals surface area contributed by atoms with Crippen LogP contribution in [0.3, 0.4) is 0 Å². The highest BCUT2D eigenvalue weighted by Crippen LogP contribution is 2.32. The Bertz CT molecular complexity index is 698. The topological polar surface area (TPSA) is 57.4 Å². The smallest absolute Gasteiger partial charge is 0.479 e. The Hall–Kier alpha value is -2.79. The highest BCUT2D eigenvalue weighted by Gasteiger charge is 2.28. The summed E-state index contributed by atoms with van der Waals surface area (Å²) in [7, 11) is -1.73. The summed E-state index contributed by atoms with van der Waals surface area (Å²) in [6.45, 7) is 0. The van der Waals surface area contributed by atoms with Gasteiger partial charge in [-0.05, 0) is 24.3 Å². The second-order valence-electron chi connectivity index (χ2n) is 4.71. The first kappa shape index (κ1) is 14.2. The molecule has 0 atom stereocenters. The molecule has 0 unspecified atom stereocenters. The Morgan fingerprint density at radius 2 is 1.27 bits per heavy atom. The maximum atomic E-state index is 5.81. The van der Waals surface area contributed by atoms with E-state index in [1.54, 1.807) is 24.5 Å². The summed E-state index contributed by atoms with van der Waals surface area (Å²) in [6, 6.07) is 21.5. The zero-order chi connectivity index (χ0) is 15.2. The lowest BCUT2D eigenvalue weighted by atomic mass is 10.3. The lowest BCUT2D eigenvalue weighted by molar-refractivity contribution is 0.519. The number of aromatic nitrogens is 1. The SMILES string of the molecule is Nc1ccncc1.c1ccc([SiH]2Oc3ccccc3O2)cc1. The number of anilines is 1. The lowest BCUT2D eigenvalue weighted by Crippen LogP contribution is -2.38. The van der Waals surface area contributed by atoms with Crippen LogP contribution >= 0.6 is 0 Å². The molecule has 0 aliphatic carbocycles. The van der Waals surface area contributed by atoms with Crippen molar-refractivity contribution in [2.24, 2.45) is 0 Å². The van der Waals surface area contributed by atoms with Crippen LogP contribution in [-0.2, 0) is 0 Å². The molecule has 2 N–H and O–H groups in total. The maximum Gasteiger partial charge on any atom is 0.479 e. The van der Waals surface area contributed by atoms with Gasteiger partial charge in [-0.2, -0.15) is 0 Å². The van der Waals surface area contributed by atoms with Crippen molar-refractivity contribution in [3.63, 3.8) is 0 Å². The van der Waals surface area contributed by atoms with E-state index in [9.17, 15) is 0 Å². The fourth-order valence-electron chi connectivity index (χ4n) is 2.01. The van der Waals surface area contributed by atoms with Crippen molar-refractivity contribution in [1.82, 2.24) is 4.98 Å². The van der Waals surface area contributed by atoms with Crippen molar-refractivity contribution in [2.75, 3.05) is 5.73 Å². The molecule has 1 aromatic heterocycles. The van der Waals surface area contributed by atoms with Crippen LogP contribution in [0.15, 0.2) is 79.1 Å². The largest absolute Gasteiger partial charge is 0.508 e. The first-order chi connectivity index (χ1) is 10.8. The van der Waals surface area contributed by atoms with Crippen molar-refractivity contribution in [3.05, 3.63) is 79.1 Å². The van der Waals surface area contributed by atoms with Gasteiger partial charge in [-0.25, -0.2) is 0 Å². The Kier molecular flexibility index (Phi) is 4.36. The fraction of sp³-hybridized carbons (Fsp3) is 0. The highest BCUT2D eigenvalue weighted by atomic mass is 28.3. The lowest BCUT2D eigenvalue weighted by Gasteiger charge is -2.06. The van der Waals surface area contributed by atoms with Crippen molar-refractivity contribution >= 4 is 20.2 Å². The monoisotopic (exact) mass is 308 g/mol. The maximum absolute atomic E-state index is 5.81. The van der Waals surface area contributed by atoms with Gasteiger partial charge in [0.1, 0.15) is 11.5 Å². The van der Waals surface area contributed by atoms with Crippen LogP contribution in [0.25, 0.3) is 0 Å². The average Bonchev–Trinajstić information content (AvgIpc) is 3.01. The molecule has 0 radical (unpaired) electrons. The molecule has 4 nitrogen and oxygen atoms in total. The molecule has 3 aromatic rings. The molecule has 0 saturated carbocycles. The van der Waals surface area contributed by atoms with Crippen LogP contribution in [0, 0.1) is 0 Å². The summed E-state index contributed by atoms with van der Waals surface area (Å²) in [5.74, 6) is 1.75. The first-order valence-electron chi connectivity index (χ1n) is 6.96. The van der Waals surface area contributed by atoms with E-state index in [2.05, 4.69) is 17.1 Å². The van der Waals surface area contributed by atoms with Gasteiger partial charge >= 0.3 is 9.28 Å². The van der Waals surface area contributed by atoms with E-state index in [0.29, 0.717) is 0 Å². The molecule has 0 saturated heterocycles. The van der Waals surface area contributed by atoms with E-state index in [1.165, 1.54) is 5.19 Å². The number of fused-ring (bicyclic) bond motifs is 1. The minimum absolute atomic E-state index is 0.759. The van der Waals surface area contributed by atoms with Crippen LogP contribution in [-0.4, -0.2) is 14.3 Å². The van der Waals surface area contributed by atoms with Gasteiger partial charge in [-0.1, -0.05) is 42.5 Å². The molecule has 1 aliphatic heterocycles. The van der Waals surface area contributed by atoms with E-state index >= 15 is 0 Å². The van der Waals surface area contributed by atoms with Crippen molar-refractivity contribution < 1.29 is 8.85 Å². The third-order valence-electron chi connectivity index (χ3n) is 3.10. The number of nitrogens with two attached hydrogens (primary N) is 1. The normalized spacial score (nSPS) is 12.4. The second-order valence-corrected chi connectivity index (χ2v) is 6.51. The summed E-state index contributed by atoms with van der Waals surface area (Å²) in [5.41, 5.74) is 6.08. The summed E-state index contributed by atoms with van der Waals surface area (Å²) in [4.78, 5) is 3.77. The zero-order valence-electron chi connectivity index (χ0n) is 11.9. The van der Waals surface area contributed by atoms with Gasteiger partial charge in [-0.15, -0.1) is 0 Å². The number of hydrogen-bond acceptors (Lipinski definition) is 4. The van der Waals surface area contributed by atoms with Gasteiger partial charge < -0.3 is 14.6 Å². The van der Waals surface area contributed by atoms with E-state index in [4.69, 9.17) is 14.6 Å². The van der Waals surface area contributed by atoms with E-state index < -0.39 is 9.28 Å². The highest BCUT2D eigenvalue weighted by molar-refractivity contribution is 6.63. The van der Waals surface area contributed by atoms with Crippen LogP contribution in [0.2, 0.25) is 0 Å². The van der Waals surface area contributed by atoms with Gasteiger partial charge in [0.15, 0.2) is 0 Å². The third-order valence-corrected chi connectivity index (χ3v) is 4.96. The number of benzene rings is 2. The minimum atomic E-state index is -1.73. The Labute approximate surface area is 131 Å². The molecule has 2 aromatic carbocycles. The average molecular weight is 308 g/mol. The number of rotatable bonds is 1. The van der Waals surface area contributed by atoms with Crippen molar-refractivity contribution in [1.29, 1.82) is 0 Å². The molecule has 110 valence electrons. The first-order valence-corrected chi connectivity index (χ1v) is 8.48. The molecule has 0 bridgehead atoms. The predicted octanol–water partition coefficient (Wildman–Crippen LogP) is 2.25. The van der Waals surface area contributed by atoms with Crippen molar-refractivity contribution in [2.45, 2.75) is 0 Å². The van der Waals surface area contributed by atoms with Crippen LogP contribution in [0.4, 0.5) is 5.69 Å². The Morgan fingerprint density at radius 1 is 0.727 bits per heavy atom. The minimum Gasteiger partial charge on any atom is -0.508 e. The van der Waals surface area contributed by atoms with Gasteiger partial charge in [-0.3, -0.25) is 4.98 Å². The number of para-hydroxylation sites is 2. The van der Waals surface area contributed by atoms with Crippen LogP contribution < -0.4 is 19.8 Å². The quantitative estimate of drug-likeness (QED) is 0.701. The predicted molar refractivity (Wildman–Crippen MR) is 89.6 cm³/mol. The number of nitrogens with zero attached hydrogens (tertiary/aromatic N) is 1. The number of nitrogen functional groups attached to an aromatic ring is 1. The second kappa shape index (κ2) is 6.78. The molecule has 0 amide bonds. The zero-order valence-corrected chi connectivity index (χ0v) is 13.1. The van der Waals surface area contributed by atoms with Crippen LogP contribution in [0.5, 0.6) is 11.5 Å². The van der Waals surface area contributed by atoms with Gasteiger partial charge in [0.05, 0.1) is 0 Å². The molecule has 4 rings (SSSR count). The van der Waals surface area contributed by atoms with E-state index in [1.807, 2.05) is 42.5 Å². The molecular formula is C17H16N2O2Si. The van der Waals surface area contributed by atoms with Crippen molar-refractivity contribution in [3.8, 4) is 11.5 Å². The Morgan fingerprint density at radius 3 is 1.77 bits per heavy atom. The fourth-order valence-corrected chi connectivity index (χ4v) is 3.72. The third kappa shape index (κ3) is 3.45. The molecule has 1 aliphatic rings. The number of hydrogen-bond donors (Lipinski definition) is 1. The summed E-state index contributed by atoms with van der Waals surface area (Å²) in [6.07, 6.45) is 3.32. The molecule has 0 spiro atoms. The van der Waals surface area contributed by atoms with E-state index in [0.717, 1.165) is 17.2 Å². The van der Waals surface area contributed by atoms with Gasteiger partial charge in [0.25, 0.3) is 0 Å². The molecule has 0 fully saturated rings. The van der Waals surface area contributed by atoms with Gasteiger partial charge in [0.2, 0.25) is 0 Å². The Balaban J connectivity index is 0.000000174. The number of pyridine rings is 1. The summed E-state index contributed by atoms with van der Waals surface area (Å²) < 4.78 is 11.6. The van der Waals surface area contributed by atoms with E-state index in [-0.39, 0.29) is 0 Å². The molecule has 2 heterocycles. The molecule has 22 heavy (non-hydrogen) atoms. The standard InChI is InChI=1S/C12H10O2Si.C5H6N2/c1-2-6-10(7-3-1)15-13-11-8-4-5-9-12(11)14-15;6-5-1-3-7-4-2-5/h1-9,15H;1-4H,(H2,6,7). The van der Waals surface area contributed by atoms with Crippen LogP contribution in [0.1, 0.15) is 0 Å². The summed E-state index contributed by atoms with van der Waals surface area (Å²) in [5, 5.41) is 1.17. The van der Waals surface area contributed by atoms with Gasteiger partial charge in [0, 0.05) is 23.3 Å².